The van der Waals surface area contributed by atoms with Gasteiger partial charge in [0.25, 0.3) is 0 Å². The van der Waals surface area contributed by atoms with Crippen LogP contribution < -0.4 is 11.2 Å². The van der Waals surface area contributed by atoms with Crippen molar-refractivity contribution in [2.24, 2.45) is 10.9 Å². The molecule has 0 heterocycles. The Hall–Kier alpha value is -1.06. The summed E-state index contributed by atoms with van der Waals surface area (Å²) in [5.74, 6) is 4.56. The average Bonchev–Trinajstić information content (AvgIpc) is 1.61. The highest BCUT2D eigenvalue weighted by atomic mass is 16.1. The molecule has 6 heavy (non-hydrogen) atoms. The van der Waals surface area contributed by atoms with Crippen LogP contribution in [0.25, 0.3) is 0 Å². The third-order valence-electron chi connectivity index (χ3n) is 0.217. The van der Waals surface area contributed by atoms with E-state index < -0.39 is 0 Å². The fourth-order valence-corrected chi connectivity index (χ4v) is 0.0735. The van der Waals surface area contributed by atoms with E-state index in [-0.39, 0.29) is 0 Å². The number of hydrogen-bond donors (Lipinski definition) is 2. The van der Waals surface area contributed by atoms with Gasteiger partial charge in [0.2, 0.25) is 6.41 Å². The molecule has 0 fully saturated rings. The second-order valence-corrected chi connectivity index (χ2v) is 0.563. The quantitative estimate of drug-likeness (QED) is 0.143. The lowest BCUT2D eigenvalue weighted by atomic mass is 11.2. The van der Waals surface area contributed by atoms with Crippen molar-refractivity contribution < 1.29 is 4.79 Å². The van der Waals surface area contributed by atoms with E-state index in [0.717, 1.165) is 6.34 Å². The Labute approximate surface area is 35.0 Å². The van der Waals surface area contributed by atoms with Crippen molar-refractivity contribution in [1.29, 1.82) is 0 Å². The van der Waals surface area contributed by atoms with Crippen molar-refractivity contribution in [2.75, 3.05) is 0 Å². The molecule has 0 aliphatic heterocycles. The summed E-state index contributed by atoms with van der Waals surface area (Å²) < 4.78 is 0. The van der Waals surface area contributed by atoms with E-state index in [9.17, 15) is 4.79 Å². The molecule has 0 spiro atoms. The molecule has 0 aromatic rings. The molecule has 1 amide bonds. The lowest BCUT2D eigenvalue weighted by molar-refractivity contribution is -0.108. The Morgan fingerprint density at radius 2 is 2.50 bits per heavy atom. The van der Waals surface area contributed by atoms with Gasteiger partial charge >= 0.3 is 0 Å². The van der Waals surface area contributed by atoms with Crippen LogP contribution in [-0.4, -0.2) is 12.7 Å². The van der Waals surface area contributed by atoms with E-state index in [1.165, 1.54) is 0 Å². The molecule has 0 atom stereocenters. The van der Waals surface area contributed by atoms with Gasteiger partial charge in [0, 0.05) is 0 Å². The predicted molar refractivity (Wildman–Crippen MR) is 21.9 cm³/mol. The summed E-state index contributed by atoms with van der Waals surface area (Å²) in [7, 11) is 0. The first-order valence-corrected chi connectivity index (χ1v) is 1.33. The number of nitrogens with zero attached hydrogens (tertiary/aromatic N) is 1. The van der Waals surface area contributed by atoms with Crippen LogP contribution in [0.1, 0.15) is 0 Å². The Kier molecular flexibility index (Phi) is 3.24. The van der Waals surface area contributed by atoms with Crippen LogP contribution in [-0.2, 0) is 4.79 Å². The number of nitrogens with one attached hydrogen (secondary N) is 1. The standard InChI is InChI=1S/C2H5N3O/c3-5-1-4-2-6/h1-2H,3H2,(H,4,5,6). The van der Waals surface area contributed by atoms with Crippen molar-refractivity contribution in [1.82, 2.24) is 5.32 Å². The fraction of sp³-hybridized carbons (Fsp3) is 0. The largest absolute Gasteiger partial charge is 0.322 e. The third-order valence-corrected chi connectivity index (χ3v) is 0.217. The molecule has 0 saturated carbocycles. The Morgan fingerprint density at radius 3 is 2.67 bits per heavy atom. The predicted octanol–water partition coefficient (Wildman–Crippen LogP) is -1.37. The highest BCUT2D eigenvalue weighted by Gasteiger charge is 1.57. The number of hydrazone groups is 1. The van der Waals surface area contributed by atoms with Gasteiger partial charge in [0.05, 0.1) is 0 Å². The molecular weight excluding hydrogens is 82.0 g/mol. The lowest BCUT2D eigenvalue weighted by Gasteiger charge is -1.73. The number of hydrogen-bond acceptors (Lipinski definition) is 3. The van der Waals surface area contributed by atoms with Crippen molar-refractivity contribution >= 4 is 12.7 Å². The number of nitrogens with two attached hydrogens (primary N) is 1. The first-order chi connectivity index (χ1) is 2.91. The Bertz CT molecular complexity index is 59.8. The van der Waals surface area contributed by atoms with E-state index in [4.69, 9.17) is 0 Å². The summed E-state index contributed by atoms with van der Waals surface area (Å²) in [6.07, 6.45) is 1.57. The molecule has 0 saturated heterocycles. The van der Waals surface area contributed by atoms with Crippen molar-refractivity contribution in [2.45, 2.75) is 0 Å². The SMILES string of the molecule is NN=CNC=O. The number of carbonyl (C=O) groups excluding carboxylic acids is 1. The third kappa shape index (κ3) is 2.94. The molecule has 0 aliphatic carbocycles. The summed E-state index contributed by atoms with van der Waals surface area (Å²) in [6.45, 7) is 0. The maximum absolute atomic E-state index is 9.31. The molecule has 4 nitrogen and oxygen atoms in total. The zero-order valence-corrected chi connectivity index (χ0v) is 3.09. The van der Waals surface area contributed by atoms with Gasteiger partial charge in [-0.3, -0.25) is 4.79 Å². The van der Waals surface area contributed by atoms with Crippen LogP contribution in [0.2, 0.25) is 0 Å². The molecule has 0 aliphatic rings. The lowest BCUT2D eigenvalue weighted by Crippen LogP contribution is -2.07. The minimum Gasteiger partial charge on any atom is -0.322 e. The molecule has 0 aromatic heterocycles. The summed E-state index contributed by atoms with van der Waals surface area (Å²) in [5, 5.41) is 5.06. The first-order valence-electron chi connectivity index (χ1n) is 1.33. The molecule has 0 bridgehead atoms. The number of carbonyl (C=O) groups is 1. The van der Waals surface area contributed by atoms with Crippen LogP contribution in [0, 0.1) is 0 Å². The van der Waals surface area contributed by atoms with Crippen molar-refractivity contribution in [3.63, 3.8) is 0 Å². The average molecular weight is 87.1 g/mol. The summed E-state index contributed by atoms with van der Waals surface area (Å²) in [4.78, 5) is 9.31. The normalized spacial score (nSPS) is 8.67. The molecule has 0 radical (unpaired) electrons. The Morgan fingerprint density at radius 1 is 1.83 bits per heavy atom. The second kappa shape index (κ2) is 3.94. The monoisotopic (exact) mass is 87.0 g/mol. The smallest absolute Gasteiger partial charge is 0.212 e. The maximum atomic E-state index is 9.31. The minimum atomic E-state index is 0.482. The molecule has 34 valence electrons. The van der Waals surface area contributed by atoms with Crippen LogP contribution in [0.15, 0.2) is 5.10 Å². The van der Waals surface area contributed by atoms with Crippen LogP contribution in [0.4, 0.5) is 0 Å². The van der Waals surface area contributed by atoms with Crippen LogP contribution >= 0.6 is 0 Å². The Balaban J connectivity index is 2.85. The van der Waals surface area contributed by atoms with Crippen molar-refractivity contribution in [3.8, 4) is 0 Å². The van der Waals surface area contributed by atoms with Gasteiger partial charge in [-0.15, -0.1) is 0 Å². The topological polar surface area (TPSA) is 67.5 Å². The molecule has 0 rings (SSSR count). The van der Waals surface area contributed by atoms with Gasteiger partial charge in [0.1, 0.15) is 6.34 Å². The molecule has 3 N–H and O–H groups in total. The van der Waals surface area contributed by atoms with Gasteiger partial charge < -0.3 is 11.2 Å². The number of amides is 1. The highest BCUT2D eigenvalue weighted by Crippen LogP contribution is 1.30. The molecule has 0 unspecified atom stereocenters. The van der Waals surface area contributed by atoms with E-state index in [1.807, 2.05) is 0 Å². The second-order valence-electron chi connectivity index (χ2n) is 0.563. The van der Waals surface area contributed by atoms with Gasteiger partial charge in [-0.25, -0.2) is 0 Å². The molecule has 4 heteroatoms. The fourth-order valence-electron chi connectivity index (χ4n) is 0.0735. The zero-order chi connectivity index (χ0) is 4.83. The van der Waals surface area contributed by atoms with E-state index in [2.05, 4.69) is 16.3 Å². The van der Waals surface area contributed by atoms with Crippen LogP contribution in [0.3, 0.4) is 0 Å². The van der Waals surface area contributed by atoms with E-state index >= 15 is 0 Å². The van der Waals surface area contributed by atoms with Gasteiger partial charge in [0.15, 0.2) is 0 Å². The molecular formula is C2H5N3O. The van der Waals surface area contributed by atoms with Gasteiger partial charge in [-0.2, -0.15) is 5.10 Å². The summed E-state index contributed by atoms with van der Waals surface area (Å²) in [6, 6.07) is 0. The maximum Gasteiger partial charge on any atom is 0.212 e. The van der Waals surface area contributed by atoms with Gasteiger partial charge in [-0.1, -0.05) is 0 Å². The minimum absolute atomic E-state index is 0.482. The zero-order valence-electron chi connectivity index (χ0n) is 3.09. The highest BCUT2D eigenvalue weighted by molar-refractivity contribution is 5.71. The number of rotatable bonds is 2. The summed E-state index contributed by atoms with van der Waals surface area (Å²) >= 11 is 0. The summed E-state index contributed by atoms with van der Waals surface area (Å²) in [5.41, 5.74) is 0. The van der Waals surface area contributed by atoms with Gasteiger partial charge in [-0.05, 0) is 0 Å². The van der Waals surface area contributed by atoms with Crippen LogP contribution in [0.5, 0.6) is 0 Å². The molecule has 0 aromatic carbocycles. The van der Waals surface area contributed by atoms with E-state index in [0.29, 0.717) is 6.41 Å². The van der Waals surface area contributed by atoms with Crippen molar-refractivity contribution in [3.05, 3.63) is 0 Å². The first kappa shape index (κ1) is 4.94. The van der Waals surface area contributed by atoms with E-state index in [1.54, 1.807) is 0 Å².